The largest absolute Gasteiger partial charge is 0.356 e. The van der Waals surface area contributed by atoms with Crippen molar-refractivity contribution in [3.63, 3.8) is 0 Å². The average Bonchev–Trinajstić information content (AvgIpc) is 3.05. The first-order valence-electron chi connectivity index (χ1n) is 9.67. The van der Waals surface area contributed by atoms with Crippen molar-refractivity contribution in [2.45, 2.75) is 30.6 Å². The molecule has 1 aliphatic heterocycles. The van der Waals surface area contributed by atoms with Crippen molar-refractivity contribution in [1.29, 1.82) is 0 Å². The van der Waals surface area contributed by atoms with Crippen molar-refractivity contribution in [1.82, 2.24) is 14.2 Å². The van der Waals surface area contributed by atoms with Crippen LogP contribution in [0.4, 0.5) is 5.69 Å². The van der Waals surface area contributed by atoms with E-state index in [0.717, 1.165) is 30.0 Å². The molecule has 0 aliphatic carbocycles. The summed E-state index contributed by atoms with van der Waals surface area (Å²) in [5.41, 5.74) is 0.836. The van der Waals surface area contributed by atoms with Gasteiger partial charge < -0.3 is 15.2 Å². The lowest BCUT2D eigenvalue weighted by Crippen LogP contribution is -2.35. The first-order valence-corrected chi connectivity index (χ1v) is 11.1. The monoisotopic (exact) mass is 418 g/mol. The Morgan fingerprint density at radius 2 is 1.76 bits per heavy atom. The zero-order chi connectivity index (χ0) is 20.9. The molecule has 0 spiro atoms. The number of likely N-dealkylation sites (tertiary alicyclic amines) is 1. The Bertz CT molecular complexity index is 948. The molecule has 2 N–H and O–H groups in total. The zero-order valence-corrected chi connectivity index (χ0v) is 17.2. The molecule has 2 aromatic rings. The number of likely N-dealkylation sites (N-methyl/N-ethyl adjacent to an activating group) is 1. The van der Waals surface area contributed by atoms with Gasteiger partial charge in [0.25, 0.3) is 5.91 Å². The summed E-state index contributed by atoms with van der Waals surface area (Å²) in [5.74, 6) is -0.642. The van der Waals surface area contributed by atoms with Crippen LogP contribution in [0.5, 0.6) is 0 Å². The normalized spacial score (nSPS) is 15.2. The highest BCUT2D eigenvalue weighted by atomic mass is 32.2. The molecule has 2 heterocycles. The fraction of sp³-hybridized carbons (Fsp3) is 0.400. The van der Waals surface area contributed by atoms with E-state index in [9.17, 15) is 18.0 Å². The van der Waals surface area contributed by atoms with E-state index in [2.05, 4.69) is 10.3 Å². The van der Waals surface area contributed by atoms with E-state index in [4.69, 9.17) is 0 Å². The summed E-state index contributed by atoms with van der Waals surface area (Å²) in [6.07, 6.45) is 5.41. The third-order valence-corrected chi connectivity index (χ3v) is 6.69. The van der Waals surface area contributed by atoms with Gasteiger partial charge in [0, 0.05) is 32.0 Å². The highest BCUT2D eigenvalue weighted by molar-refractivity contribution is 7.89. The maximum Gasteiger partial charge on any atom is 0.270 e. The van der Waals surface area contributed by atoms with E-state index in [0.29, 0.717) is 18.8 Å². The molecule has 0 bridgehead atoms. The topological polar surface area (TPSA) is 103 Å². The van der Waals surface area contributed by atoms with Gasteiger partial charge in [0.15, 0.2) is 0 Å². The van der Waals surface area contributed by atoms with Crippen LogP contribution in [0.3, 0.4) is 0 Å². The van der Waals surface area contributed by atoms with Gasteiger partial charge in [0.1, 0.15) is 10.6 Å². The third kappa shape index (κ3) is 5.24. The Morgan fingerprint density at radius 1 is 1.10 bits per heavy atom. The number of rotatable bonds is 6. The summed E-state index contributed by atoms with van der Waals surface area (Å²) in [7, 11) is -2.57. The summed E-state index contributed by atoms with van der Waals surface area (Å²) >= 11 is 0. The van der Waals surface area contributed by atoms with Crippen LogP contribution in [0.1, 0.15) is 36.2 Å². The number of carbonyl (C=O) groups excluding carboxylic acids is 2. The van der Waals surface area contributed by atoms with Crippen LogP contribution in [0.25, 0.3) is 0 Å². The van der Waals surface area contributed by atoms with E-state index < -0.39 is 15.9 Å². The maximum atomic E-state index is 12.8. The highest BCUT2D eigenvalue weighted by Crippen LogP contribution is 2.18. The molecule has 0 atom stereocenters. The van der Waals surface area contributed by atoms with Crippen LogP contribution >= 0.6 is 0 Å². The van der Waals surface area contributed by atoms with Gasteiger partial charge in [0.05, 0.1) is 6.54 Å². The lowest BCUT2D eigenvalue weighted by Gasteiger charge is -2.19. The summed E-state index contributed by atoms with van der Waals surface area (Å²) < 4.78 is 26.5. The van der Waals surface area contributed by atoms with Crippen LogP contribution in [0, 0.1) is 0 Å². The van der Waals surface area contributed by atoms with Gasteiger partial charge in [-0.25, -0.2) is 8.42 Å². The molecule has 0 saturated carbocycles. The minimum atomic E-state index is -3.91. The minimum absolute atomic E-state index is 0.0364. The molecule has 1 fully saturated rings. The fourth-order valence-corrected chi connectivity index (χ4v) is 4.40. The van der Waals surface area contributed by atoms with Crippen LogP contribution < -0.4 is 5.32 Å². The van der Waals surface area contributed by atoms with E-state index in [1.165, 1.54) is 19.3 Å². The second-order valence-corrected chi connectivity index (χ2v) is 9.18. The number of nitrogens with one attached hydrogen (secondary N) is 2. The summed E-state index contributed by atoms with van der Waals surface area (Å²) in [6.45, 7) is 1.02. The molecule has 0 unspecified atom stereocenters. The number of para-hydroxylation sites is 1. The first-order chi connectivity index (χ1) is 13.9. The molecule has 1 aromatic carbocycles. The Kier molecular flexibility index (Phi) is 6.71. The van der Waals surface area contributed by atoms with Gasteiger partial charge in [-0.1, -0.05) is 31.0 Å². The molecule has 1 saturated heterocycles. The van der Waals surface area contributed by atoms with Crippen molar-refractivity contribution in [2.75, 3.05) is 32.0 Å². The number of nitrogens with zero attached hydrogens (tertiary/aromatic N) is 2. The number of sulfonamides is 1. The number of anilines is 1. The van der Waals surface area contributed by atoms with Crippen LogP contribution in [0.2, 0.25) is 0 Å². The van der Waals surface area contributed by atoms with Gasteiger partial charge in [0.2, 0.25) is 15.9 Å². The van der Waals surface area contributed by atoms with Crippen molar-refractivity contribution < 1.29 is 18.0 Å². The summed E-state index contributed by atoms with van der Waals surface area (Å²) in [5, 5.41) is 2.66. The van der Waals surface area contributed by atoms with Gasteiger partial charge in [-0.15, -0.1) is 0 Å². The van der Waals surface area contributed by atoms with Gasteiger partial charge >= 0.3 is 0 Å². The van der Waals surface area contributed by atoms with Crippen LogP contribution in [-0.4, -0.2) is 61.1 Å². The Hall–Kier alpha value is -2.65. The second-order valence-electron chi connectivity index (χ2n) is 7.13. The predicted molar refractivity (Wildman–Crippen MR) is 110 cm³/mol. The maximum absolute atomic E-state index is 12.8. The van der Waals surface area contributed by atoms with Gasteiger partial charge in [-0.2, -0.15) is 4.31 Å². The molecule has 3 rings (SSSR count). The molecular weight excluding hydrogens is 392 g/mol. The second kappa shape index (κ2) is 9.23. The molecule has 9 heteroatoms. The molecule has 2 amide bonds. The quantitative estimate of drug-likeness (QED) is 0.751. The zero-order valence-electron chi connectivity index (χ0n) is 16.4. The number of hydrogen-bond acceptors (Lipinski definition) is 4. The van der Waals surface area contributed by atoms with Crippen molar-refractivity contribution in [2.24, 2.45) is 0 Å². The van der Waals surface area contributed by atoms with E-state index in [1.54, 1.807) is 29.2 Å². The molecule has 1 aliphatic rings. The minimum Gasteiger partial charge on any atom is -0.356 e. The molecule has 29 heavy (non-hydrogen) atoms. The van der Waals surface area contributed by atoms with E-state index in [1.807, 2.05) is 6.07 Å². The van der Waals surface area contributed by atoms with Crippen molar-refractivity contribution in [3.8, 4) is 0 Å². The Balaban J connectivity index is 1.65. The molecular formula is C20H26N4O4S. The SMILES string of the molecule is CN(CC(=O)Nc1ccccc1)S(=O)(=O)c1c[nH]c(C(=O)N2CCCCCC2)c1. The number of H-pyrrole nitrogens is 1. The summed E-state index contributed by atoms with van der Waals surface area (Å²) in [6, 6.07) is 10.2. The van der Waals surface area contributed by atoms with Crippen LogP contribution in [0.15, 0.2) is 47.5 Å². The molecule has 156 valence electrons. The molecule has 1 aromatic heterocycles. The lowest BCUT2D eigenvalue weighted by molar-refractivity contribution is -0.116. The van der Waals surface area contributed by atoms with Crippen molar-refractivity contribution in [3.05, 3.63) is 48.3 Å². The number of carbonyl (C=O) groups is 2. The molecule has 0 radical (unpaired) electrons. The molecule has 8 nitrogen and oxygen atoms in total. The fourth-order valence-electron chi connectivity index (χ4n) is 3.28. The standard InChI is InChI=1S/C20H26N4O4S/c1-23(15-19(25)22-16-9-5-4-6-10-16)29(27,28)17-13-18(21-14-17)20(26)24-11-7-2-3-8-12-24/h4-6,9-10,13-14,21H,2-3,7-8,11-12,15H2,1H3,(H,22,25). The van der Waals surface area contributed by atoms with E-state index in [-0.39, 0.29) is 23.0 Å². The predicted octanol–water partition coefficient (Wildman–Crippen LogP) is 2.29. The van der Waals surface area contributed by atoms with Crippen LogP contribution in [-0.2, 0) is 14.8 Å². The van der Waals surface area contributed by atoms with Gasteiger partial charge in [-0.05, 0) is 31.0 Å². The third-order valence-electron chi connectivity index (χ3n) is 4.91. The number of amides is 2. The van der Waals surface area contributed by atoms with Crippen molar-refractivity contribution >= 4 is 27.5 Å². The lowest BCUT2D eigenvalue weighted by atomic mass is 10.2. The Labute approximate surface area is 170 Å². The number of aromatic nitrogens is 1. The van der Waals surface area contributed by atoms with E-state index >= 15 is 0 Å². The van der Waals surface area contributed by atoms with Gasteiger partial charge in [-0.3, -0.25) is 9.59 Å². The average molecular weight is 419 g/mol. The first kappa shape index (κ1) is 21.1. The number of benzene rings is 1. The summed E-state index contributed by atoms with van der Waals surface area (Å²) in [4.78, 5) is 29.3. The highest BCUT2D eigenvalue weighted by Gasteiger charge is 2.26. The Morgan fingerprint density at radius 3 is 2.41 bits per heavy atom. The smallest absolute Gasteiger partial charge is 0.270 e. The number of aromatic amines is 1. The number of hydrogen-bond donors (Lipinski definition) is 2.